The zero-order valence-corrected chi connectivity index (χ0v) is 9.12. The molecule has 0 radical (unpaired) electrons. The fourth-order valence-electron chi connectivity index (χ4n) is 0.981. The fourth-order valence-corrected chi connectivity index (χ4v) is 1.15. The summed E-state index contributed by atoms with van der Waals surface area (Å²) in [5.41, 5.74) is 0. The predicted octanol–water partition coefficient (Wildman–Crippen LogP) is 1.50. The third-order valence-electron chi connectivity index (χ3n) is 1.73. The van der Waals surface area contributed by atoms with E-state index in [9.17, 15) is 4.79 Å². The quantitative estimate of drug-likeness (QED) is 0.612. The van der Waals surface area contributed by atoms with Crippen molar-refractivity contribution in [2.75, 3.05) is 19.0 Å². The summed E-state index contributed by atoms with van der Waals surface area (Å²) in [5, 5.41) is 3.31. The van der Waals surface area contributed by atoms with Crippen LogP contribution in [-0.2, 0) is 9.53 Å². The lowest BCUT2D eigenvalue weighted by Gasteiger charge is -2.05. The molecule has 15 heavy (non-hydrogen) atoms. The first-order valence-corrected chi connectivity index (χ1v) is 4.89. The normalized spacial score (nSPS) is 9.73. The number of hydrogen-bond donors (Lipinski definition) is 1. The van der Waals surface area contributed by atoms with Crippen molar-refractivity contribution >= 4 is 23.4 Å². The zero-order valence-electron chi connectivity index (χ0n) is 8.36. The zero-order chi connectivity index (χ0) is 11.1. The minimum Gasteiger partial charge on any atom is -0.469 e. The Morgan fingerprint density at radius 3 is 2.93 bits per heavy atom. The Labute approximate surface area is 92.8 Å². The third kappa shape index (κ3) is 4.12. The molecule has 0 saturated heterocycles. The number of rotatable bonds is 5. The number of ether oxygens (including phenoxy) is 1. The molecule has 82 valence electrons. The highest BCUT2D eigenvalue weighted by Gasteiger charge is 2.02. The number of carbonyl (C=O) groups is 1. The molecule has 1 aromatic heterocycles. The lowest BCUT2D eigenvalue weighted by Crippen LogP contribution is -2.08. The van der Waals surface area contributed by atoms with Gasteiger partial charge in [-0.15, -0.1) is 0 Å². The van der Waals surface area contributed by atoms with Gasteiger partial charge in [-0.05, 0) is 6.42 Å². The van der Waals surface area contributed by atoms with Crippen LogP contribution in [0.1, 0.15) is 12.8 Å². The molecule has 6 heteroatoms. The number of hydrogen-bond acceptors (Lipinski definition) is 5. The van der Waals surface area contributed by atoms with Crippen molar-refractivity contribution in [2.24, 2.45) is 0 Å². The van der Waals surface area contributed by atoms with Crippen LogP contribution in [0.5, 0.6) is 0 Å². The van der Waals surface area contributed by atoms with Crippen LogP contribution in [-0.4, -0.2) is 29.6 Å². The molecule has 0 aliphatic carbocycles. The molecule has 0 unspecified atom stereocenters. The number of aromatic nitrogens is 2. The fraction of sp³-hybridized carbons (Fsp3) is 0.444. The van der Waals surface area contributed by atoms with Gasteiger partial charge in [-0.25, -0.2) is 9.97 Å². The van der Waals surface area contributed by atoms with Gasteiger partial charge in [0, 0.05) is 25.4 Å². The molecule has 0 aliphatic rings. The van der Waals surface area contributed by atoms with Gasteiger partial charge in [0.05, 0.1) is 7.11 Å². The molecule has 0 fully saturated rings. The van der Waals surface area contributed by atoms with Crippen molar-refractivity contribution in [3.05, 3.63) is 17.5 Å². The summed E-state index contributed by atoms with van der Waals surface area (Å²) >= 11 is 5.77. The molecule has 0 atom stereocenters. The van der Waals surface area contributed by atoms with E-state index in [2.05, 4.69) is 20.0 Å². The van der Waals surface area contributed by atoms with Crippen LogP contribution in [0.15, 0.2) is 12.4 Å². The molecule has 1 aromatic rings. The van der Waals surface area contributed by atoms with Gasteiger partial charge in [-0.1, -0.05) is 11.6 Å². The summed E-state index contributed by atoms with van der Waals surface area (Å²) in [6, 6.07) is 0. The highest BCUT2D eigenvalue weighted by Crippen LogP contribution is 2.13. The van der Waals surface area contributed by atoms with E-state index in [1.54, 1.807) is 6.20 Å². The van der Waals surface area contributed by atoms with E-state index in [-0.39, 0.29) is 5.97 Å². The number of esters is 1. The molecule has 5 nitrogen and oxygen atoms in total. The molecule has 0 saturated carbocycles. The van der Waals surface area contributed by atoms with Crippen LogP contribution in [0, 0.1) is 0 Å². The van der Waals surface area contributed by atoms with E-state index in [1.807, 2.05) is 0 Å². The standard InChI is InChI=1S/C9H12ClN3O2/c1-15-7(14)3-2-4-12-9-8(10)11-5-6-13-9/h5-6H,2-4H2,1H3,(H,12,13). The van der Waals surface area contributed by atoms with Crippen LogP contribution in [0.3, 0.4) is 0 Å². The largest absolute Gasteiger partial charge is 0.469 e. The SMILES string of the molecule is COC(=O)CCCNc1nccnc1Cl. The predicted molar refractivity (Wildman–Crippen MR) is 56.8 cm³/mol. The lowest BCUT2D eigenvalue weighted by atomic mass is 10.3. The van der Waals surface area contributed by atoms with Gasteiger partial charge in [0.1, 0.15) is 0 Å². The summed E-state index contributed by atoms with van der Waals surface area (Å²) in [5.74, 6) is 0.311. The molecule has 0 aromatic carbocycles. The first-order valence-electron chi connectivity index (χ1n) is 4.51. The molecule has 0 amide bonds. The number of methoxy groups -OCH3 is 1. The number of carbonyl (C=O) groups excluding carboxylic acids is 1. The topological polar surface area (TPSA) is 64.1 Å². The highest BCUT2D eigenvalue weighted by atomic mass is 35.5. The first kappa shape index (κ1) is 11.7. The second kappa shape index (κ2) is 6.19. The summed E-state index contributed by atoms with van der Waals surface area (Å²) < 4.78 is 4.51. The minimum absolute atomic E-state index is 0.220. The van der Waals surface area contributed by atoms with E-state index in [0.717, 1.165) is 0 Å². The van der Waals surface area contributed by atoms with Crippen molar-refractivity contribution in [1.29, 1.82) is 0 Å². The molecule has 0 aliphatic heterocycles. The maximum Gasteiger partial charge on any atom is 0.305 e. The van der Waals surface area contributed by atoms with E-state index in [4.69, 9.17) is 11.6 Å². The summed E-state index contributed by atoms with van der Waals surface area (Å²) in [6.45, 7) is 0.605. The van der Waals surface area contributed by atoms with Gasteiger partial charge in [0.15, 0.2) is 11.0 Å². The molecular formula is C9H12ClN3O2. The summed E-state index contributed by atoms with van der Waals surface area (Å²) in [4.78, 5) is 18.6. The number of nitrogens with zero attached hydrogens (tertiary/aromatic N) is 2. The van der Waals surface area contributed by atoms with E-state index in [1.165, 1.54) is 13.3 Å². The van der Waals surface area contributed by atoms with Crippen LogP contribution >= 0.6 is 11.6 Å². The molecule has 0 bridgehead atoms. The Morgan fingerprint density at radius 1 is 1.53 bits per heavy atom. The Kier molecular flexibility index (Phi) is 4.83. The van der Waals surface area contributed by atoms with Crippen molar-refractivity contribution in [3.63, 3.8) is 0 Å². The van der Waals surface area contributed by atoms with Crippen molar-refractivity contribution in [1.82, 2.24) is 9.97 Å². The van der Waals surface area contributed by atoms with Crippen LogP contribution in [0.4, 0.5) is 5.82 Å². The average Bonchev–Trinajstić information content (AvgIpc) is 2.26. The van der Waals surface area contributed by atoms with E-state index >= 15 is 0 Å². The van der Waals surface area contributed by atoms with Crippen LogP contribution in [0.2, 0.25) is 5.15 Å². The Bertz CT molecular complexity index is 333. The van der Waals surface area contributed by atoms with Crippen molar-refractivity contribution in [3.8, 4) is 0 Å². The summed E-state index contributed by atoms with van der Waals surface area (Å²) in [6.07, 6.45) is 4.11. The second-order valence-electron chi connectivity index (χ2n) is 2.80. The van der Waals surface area contributed by atoms with E-state index < -0.39 is 0 Å². The highest BCUT2D eigenvalue weighted by molar-refractivity contribution is 6.31. The van der Waals surface area contributed by atoms with Crippen LogP contribution in [0.25, 0.3) is 0 Å². The van der Waals surface area contributed by atoms with Crippen molar-refractivity contribution in [2.45, 2.75) is 12.8 Å². The molecule has 1 N–H and O–H groups in total. The molecule has 0 spiro atoms. The molecule has 1 heterocycles. The van der Waals surface area contributed by atoms with Gasteiger partial charge >= 0.3 is 5.97 Å². The maximum absolute atomic E-state index is 10.8. The lowest BCUT2D eigenvalue weighted by molar-refractivity contribution is -0.140. The van der Waals surface area contributed by atoms with Crippen molar-refractivity contribution < 1.29 is 9.53 Å². The smallest absolute Gasteiger partial charge is 0.305 e. The van der Waals surface area contributed by atoms with Gasteiger partial charge in [-0.2, -0.15) is 0 Å². The van der Waals surface area contributed by atoms with E-state index in [0.29, 0.717) is 30.4 Å². The third-order valence-corrected chi connectivity index (χ3v) is 2.01. The average molecular weight is 230 g/mol. The second-order valence-corrected chi connectivity index (χ2v) is 3.16. The summed E-state index contributed by atoms with van der Waals surface area (Å²) in [7, 11) is 1.37. The maximum atomic E-state index is 10.8. The van der Waals surface area contributed by atoms with Gasteiger partial charge < -0.3 is 10.1 Å². The monoisotopic (exact) mass is 229 g/mol. The van der Waals surface area contributed by atoms with Gasteiger partial charge in [0.2, 0.25) is 0 Å². The van der Waals surface area contributed by atoms with Crippen LogP contribution < -0.4 is 5.32 Å². The molecular weight excluding hydrogens is 218 g/mol. The first-order chi connectivity index (χ1) is 7.24. The van der Waals surface area contributed by atoms with Gasteiger partial charge in [-0.3, -0.25) is 4.79 Å². The number of anilines is 1. The molecule has 1 rings (SSSR count). The number of nitrogens with one attached hydrogen (secondary N) is 1. The Morgan fingerprint density at radius 2 is 2.27 bits per heavy atom. The number of halogens is 1. The Balaban J connectivity index is 2.26. The minimum atomic E-state index is -0.220. The Hall–Kier alpha value is -1.36. The van der Waals surface area contributed by atoms with Gasteiger partial charge in [0.25, 0.3) is 0 Å².